The van der Waals surface area contributed by atoms with Crippen LogP contribution in [-0.2, 0) is 0 Å². The number of hydrogen-bond acceptors (Lipinski definition) is 5. The van der Waals surface area contributed by atoms with Gasteiger partial charge < -0.3 is 5.32 Å². The van der Waals surface area contributed by atoms with E-state index < -0.39 is 0 Å². The summed E-state index contributed by atoms with van der Waals surface area (Å²) in [5.74, 6) is 0.595. The maximum absolute atomic E-state index is 9.10. The molecule has 2 heterocycles. The second-order valence-corrected chi connectivity index (χ2v) is 4.81. The van der Waals surface area contributed by atoms with Crippen molar-refractivity contribution in [1.29, 1.82) is 5.26 Å². The summed E-state index contributed by atoms with van der Waals surface area (Å²) in [5.41, 5.74) is 2.58. The highest BCUT2D eigenvalue weighted by Gasteiger charge is 2.09. The molecule has 108 valence electrons. The summed E-state index contributed by atoms with van der Waals surface area (Å²) in [5, 5.41) is 16.5. The van der Waals surface area contributed by atoms with Crippen molar-refractivity contribution in [2.45, 2.75) is 13.0 Å². The van der Waals surface area contributed by atoms with Gasteiger partial charge in [-0.05, 0) is 36.8 Å². The Hall–Kier alpha value is -3.20. The van der Waals surface area contributed by atoms with Crippen LogP contribution in [0.2, 0.25) is 0 Å². The highest BCUT2D eigenvalue weighted by Crippen LogP contribution is 2.21. The van der Waals surface area contributed by atoms with Crippen LogP contribution in [-0.4, -0.2) is 19.7 Å². The second-order valence-electron chi connectivity index (χ2n) is 4.81. The van der Waals surface area contributed by atoms with Crippen LogP contribution in [0, 0.1) is 11.3 Å². The summed E-state index contributed by atoms with van der Waals surface area (Å²) in [6, 6.07) is 13.7. The zero-order chi connectivity index (χ0) is 15.4. The fourth-order valence-electron chi connectivity index (χ4n) is 2.16. The first-order valence-electron chi connectivity index (χ1n) is 6.84. The lowest BCUT2D eigenvalue weighted by Gasteiger charge is -2.16. The quantitative estimate of drug-likeness (QED) is 0.799. The molecule has 0 unspecified atom stereocenters. The molecule has 0 spiro atoms. The van der Waals surface area contributed by atoms with E-state index >= 15 is 0 Å². The number of nitriles is 1. The number of nitrogens with one attached hydrogen (secondary N) is 1. The van der Waals surface area contributed by atoms with E-state index in [0.717, 1.165) is 11.3 Å². The molecular weight excluding hydrogens is 276 g/mol. The third-order valence-electron chi connectivity index (χ3n) is 3.36. The van der Waals surface area contributed by atoms with E-state index in [1.54, 1.807) is 29.3 Å². The summed E-state index contributed by atoms with van der Waals surface area (Å²) in [6.07, 6.45) is 4.83. The van der Waals surface area contributed by atoms with E-state index in [4.69, 9.17) is 5.26 Å². The lowest BCUT2D eigenvalue weighted by atomic mass is 10.1. The highest BCUT2D eigenvalue weighted by molar-refractivity contribution is 5.52. The number of anilines is 1. The number of benzene rings is 1. The normalized spacial score (nSPS) is 11.6. The zero-order valence-electron chi connectivity index (χ0n) is 12.0. The van der Waals surface area contributed by atoms with Gasteiger partial charge in [0.25, 0.3) is 0 Å². The molecule has 0 fully saturated rings. The summed E-state index contributed by atoms with van der Waals surface area (Å²) in [4.78, 5) is 8.15. The van der Waals surface area contributed by atoms with Gasteiger partial charge in [-0.25, -0.2) is 14.6 Å². The molecule has 0 aliphatic heterocycles. The Kier molecular flexibility index (Phi) is 3.79. The molecule has 3 aromatic rings. The lowest BCUT2D eigenvalue weighted by molar-refractivity contribution is 0.857. The third kappa shape index (κ3) is 2.79. The second kappa shape index (κ2) is 6.06. The fourth-order valence-corrected chi connectivity index (χ4v) is 2.16. The smallest absolute Gasteiger partial charge is 0.144 e. The number of aromatic nitrogens is 4. The summed E-state index contributed by atoms with van der Waals surface area (Å²) >= 11 is 0. The largest absolute Gasteiger partial charge is 0.362 e. The first-order chi connectivity index (χ1) is 10.8. The number of pyridine rings is 1. The van der Waals surface area contributed by atoms with Crippen LogP contribution in [0.25, 0.3) is 5.69 Å². The number of hydrogen-bond donors (Lipinski definition) is 1. The van der Waals surface area contributed by atoms with Gasteiger partial charge in [-0.1, -0.05) is 12.1 Å². The van der Waals surface area contributed by atoms with Crippen LogP contribution in [0.5, 0.6) is 0 Å². The molecule has 1 atom stereocenters. The van der Waals surface area contributed by atoms with E-state index in [9.17, 15) is 0 Å². The molecule has 0 saturated heterocycles. The maximum Gasteiger partial charge on any atom is 0.144 e. The molecule has 0 amide bonds. The monoisotopic (exact) mass is 290 g/mol. The van der Waals surface area contributed by atoms with E-state index in [0.29, 0.717) is 11.4 Å². The predicted molar refractivity (Wildman–Crippen MR) is 82.3 cm³/mol. The average Bonchev–Trinajstić information content (AvgIpc) is 3.10. The van der Waals surface area contributed by atoms with Crippen LogP contribution < -0.4 is 5.32 Å². The molecule has 6 heteroatoms. The van der Waals surface area contributed by atoms with Crippen LogP contribution in [0.3, 0.4) is 0 Å². The van der Waals surface area contributed by atoms with Crippen molar-refractivity contribution in [3.63, 3.8) is 0 Å². The van der Waals surface area contributed by atoms with Crippen LogP contribution >= 0.6 is 0 Å². The van der Waals surface area contributed by atoms with Crippen molar-refractivity contribution < 1.29 is 0 Å². The molecule has 3 rings (SSSR count). The number of nitrogens with zero attached hydrogens (tertiary/aromatic N) is 5. The maximum atomic E-state index is 9.10. The molecule has 6 nitrogen and oxygen atoms in total. The third-order valence-corrected chi connectivity index (χ3v) is 3.36. The van der Waals surface area contributed by atoms with Gasteiger partial charge in [0.05, 0.1) is 11.3 Å². The van der Waals surface area contributed by atoms with Gasteiger partial charge in [0, 0.05) is 12.2 Å². The van der Waals surface area contributed by atoms with Crippen molar-refractivity contribution in [2.24, 2.45) is 0 Å². The van der Waals surface area contributed by atoms with Crippen molar-refractivity contribution in [3.8, 4) is 11.8 Å². The molecule has 2 aromatic heterocycles. The minimum absolute atomic E-state index is 0.0341. The van der Waals surface area contributed by atoms with Crippen LogP contribution in [0.4, 0.5) is 5.82 Å². The Morgan fingerprint density at radius 1 is 1.23 bits per heavy atom. The minimum Gasteiger partial charge on any atom is -0.362 e. The van der Waals surface area contributed by atoms with Gasteiger partial charge >= 0.3 is 0 Å². The Labute approximate surface area is 128 Å². The van der Waals surface area contributed by atoms with Crippen molar-refractivity contribution in [2.75, 3.05) is 5.32 Å². The SMILES string of the molecule is C[C@H](Nc1ncccc1C#N)c1ccc(-n2cncn2)cc1. The van der Waals surface area contributed by atoms with E-state index in [1.165, 1.54) is 6.33 Å². The van der Waals surface area contributed by atoms with E-state index in [-0.39, 0.29) is 6.04 Å². The highest BCUT2D eigenvalue weighted by atomic mass is 15.3. The first kappa shape index (κ1) is 13.8. The lowest BCUT2D eigenvalue weighted by Crippen LogP contribution is -2.09. The molecule has 0 bridgehead atoms. The van der Waals surface area contributed by atoms with E-state index in [2.05, 4.69) is 26.5 Å². The molecule has 22 heavy (non-hydrogen) atoms. The summed E-state index contributed by atoms with van der Waals surface area (Å²) < 4.78 is 1.70. The standard InChI is InChI=1S/C16H14N6/c1-12(21-16-14(9-17)3-2-8-19-16)13-4-6-15(7-5-13)22-11-18-10-20-22/h2-8,10-12H,1H3,(H,19,21)/t12-/m0/s1. The molecule has 1 aromatic carbocycles. The summed E-state index contributed by atoms with van der Waals surface area (Å²) in [6.45, 7) is 2.03. The topological polar surface area (TPSA) is 79.4 Å². The van der Waals surface area contributed by atoms with Crippen molar-refractivity contribution in [3.05, 3.63) is 66.4 Å². The van der Waals surface area contributed by atoms with Gasteiger partial charge in [0.1, 0.15) is 24.5 Å². The average molecular weight is 290 g/mol. The van der Waals surface area contributed by atoms with Gasteiger partial charge in [-0.3, -0.25) is 0 Å². The Morgan fingerprint density at radius 3 is 2.73 bits per heavy atom. The van der Waals surface area contributed by atoms with Crippen molar-refractivity contribution >= 4 is 5.82 Å². The molecule has 0 radical (unpaired) electrons. The van der Waals surface area contributed by atoms with Crippen LogP contribution in [0.1, 0.15) is 24.1 Å². The summed E-state index contributed by atoms with van der Waals surface area (Å²) in [7, 11) is 0. The Morgan fingerprint density at radius 2 is 2.05 bits per heavy atom. The molecule has 0 saturated carbocycles. The minimum atomic E-state index is 0.0341. The Bertz CT molecular complexity index is 786. The fraction of sp³-hybridized carbons (Fsp3) is 0.125. The number of rotatable bonds is 4. The molecule has 0 aliphatic rings. The van der Waals surface area contributed by atoms with Gasteiger partial charge in [-0.15, -0.1) is 0 Å². The molecule has 1 N–H and O–H groups in total. The molecular formula is C16H14N6. The molecule has 0 aliphatic carbocycles. The predicted octanol–water partition coefficient (Wildman–Crippen LogP) is 2.71. The van der Waals surface area contributed by atoms with E-state index in [1.807, 2.05) is 31.2 Å². The van der Waals surface area contributed by atoms with Gasteiger partial charge in [-0.2, -0.15) is 10.4 Å². The van der Waals surface area contributed by atoms with Gasteiger partial charge in [0.15, 0.2) is 0 Å². The van der Waals surface area contributed by atoms with Gasteiger partial charge in [0.2, 0.25) is 0 Å². The Balaban J connectivity index is 1.78. The van der Waals surface area contributed by atoms with Crippen LogP contribution in [0.15, 0.2) is 55.2 Å². The first-order valence-corrected chi connectivity index (χ1v) is 6.84. The van der Waals surface area contributed by atoms with Crippen molar-refractivity contribution in [1.82, 2.24) is 19.7 Å². The zero-order valence-corrected chi connectivity index (χ0v) is 12.0.